The lowest BCUT2D eigenvalue weighted by Crippen LogP contribution is -2.57. The second kappa shape index (κ2) is 5.62. The molecule has 1 saturated heterocycles. The van der Waals surface area contributed by atoms with Gasteiger partial charge in [0.25, 0.3) is 0 Å². The Kier molecular flexibility index (Phi) is 4.25. The molecular weight excluding hydrogens is 256 g/mol. The van der Waals surface area contributed by atoms with E-state index >= 15 is 0 Å². The van der Waals surface area contributed by atoms with Crippen LogP contribution in [-0.2, 0) is 9.53 Å². The van der Waals surface area contributed by atoms with Gasteiger partial charge in [-0.1, -0.05) is 6.42 Å². The number of carbonyl (C=O) groups is 2. The molecule has 5 nitrogen and oxygen atoms in total. The van der Waals surface area contributed by atoms with Crippen LogP contribution in [0.4, 0.5) is 4.79 Å². The van der Waals surface area contributed by atoms with Crippen LogP contribution in [0.3, 0.4) is 0 Å². The van der Waals surface area contributed by atoms with Crippen LogP contribution in [0.2, 0.25) is 0 Å². The number of hydrogen-bond acceptors (Lipinski definition) is 3. The van der Waals surface area contributed by atoms with Crippen molar-refractivity contribution in [1.29, 1.82) is 0 Å². The summed E-state index contributed by atoms with van der Waals surface area (Å²) in [5.41, 5.74) is -0.473. The van der Waals surface area contributed by atoms with E-state index in [1.807, 2.05) is 32.6 Å². The molecule has 20 heavy (non-hydrogen) atoms. The number of carbonyl (C=O) groups excluding carboxylic acids is 2. The van der Waals surface area contributed by atoms with Crippen molar-refractivity contribution in [2.24, 2.45) is 5.92 Å². The first-order valence-corrected chi connectivity index (χ1v) is 7.56. The largest absolute Gasteiger partial charge is 0.444 e. The fourth-order valence-corrected chi connectivity index (χ4v) is 2.67. The zero-order chi connectivity index (χ0) is 14.9. The van der Waals surface area contributed by atoms with Crippen LogP contribution in [0.1, 0.15) is 47.0 Å². The van der Waals surface area contributed by atoms with E-state index in [1.165, 1.54) is 6.42 Å². The predicted molar refractivity (Wildman–Crippen MR) is 76.3 cm³/mol. The van der Waals surface area contributed by atoms with Crippen LogP contribution in [0.5, 0.6) is 0 Å². The maximum atomic E-state index is 12.3. The van der Waals surface area contributed by atoms with Crippen LogP contribution in [0.25, 0.3) is 0 Å². The van der Waals surface area contributed by atoms with Gasteiger partial charge >= 0.3 is 6.09 Å². The van der Waals surface area contributed by atoms with Gasteiger partial charge in [0, 0.05) is 31.6 Å². The minimum atomic E-state index is -0.473. The summed E-state index contributed by atoms with van der Waals surface area (Å²) in [6, 6.07) is 0.0735. The van der Waals surface area contributed by atoms with Crippen LogP contribution >= 0.6 is 0 Å². The molecule has 0 aromatic rings. The van der Waals surface area contributed by atoms with E-state index in [-0.39, 0.29) is 24.0 Å². The van der Waals surface area contributed by atoms with Gasteiger partial charge in [-0.3, -0.25) is 4.79 Å². The van der Waals surface area contributed by atoms with E-state index in [0.29, 0.717) is 19.6 Å². The first-order chi connectivity index (χ1) is 9.28. The maximum Gasteiger partial charge on any atom is 0.410 e. The molecule has 2 amide bonds. The Hall–Kier alpha value is -1.26. The van der Waals surface area contributed by atoms with Crippen molar-refractivity contribution in [2.45, 2.75) is 58.6 Å². The third kappa shape index (κ3) is 3.44. The highest BCUT2D eigenvalue weighted by molar-refractivity contribution is 5.80. The molecule has 5 heteroatoms. The molecule has 1 unspecified atom stereocenters. The summed E-state index contributed by atoms with van der Waals surface area (Å²) in [4.78, 5) is 28.0. The van der Waals surface area contributed by atoms with E-state index in [4.69, 9.17) is 4.74 Å². The summed E-state index contributed by atoms with van der Waals surface area (Å²) in [5, 5.41) is 0. The Bertz CT molecular complexity index is 385. The topological polar surface area (TPSA) is 49.9 Å². The molecule has 1 atom stereocenters. The van der Waals surface area contributed by atoms with Crippen LogP contribution in [-0.4, -0.2) is 53.1 Å². The van der Waals surface area contributed by atoms with Gasteiger partial charge in [-0.2, -0.15) is 0 Å². The summed E-state index contributed by atoms with van der Waals surface area (Å²) in [6.07, 6.45) is 2.94. The van der Waals surface area contributed by atoms with Crippen LogP contribution in [0.15, 0.2) is 0 Å². The Morgan fingerprint density at radius 3 is 2.25 bits per heavy atom. The minimum Gasteiger partial charge on any atom is -0.444 e. The lowest BCUT2D eigenvalue weighted by molar-refractivity contribution is -0.142. The van der Waals surface area contributed by atoms with Gasteiger partial charge in [0.1, 0.15) is 5.60 Å². The first-order valence-electron chi connectivity index (χ1n) is 7.56. The Labute approximate surface area is 121 Å². The van der Waals surface area contributed by atoms with Gasteiger partial charge in [0.05, 0.1) is 0 Å². The third-order valence-corrected chi connectivity index (χ3v) is 4.02. The van der Waals surface area contributed by atoms with Crippen LogP contribution < -0.4 is 0 Å². The Balaban J connectivity index is 1.88. The number of rotatable bonds is 1. The Morgan fingerprint density at radius 2 is 1.80 bits per heavy atom. The average Bonchev–Trinajstić information content (AvgIpc) is 2.23. The molecule has 2 aliphatic rings. The normalized spacial score (nSPS) is 24.3. The molecule has 0 spiro atoms. The van der Waals surface area contributed by atoms with E-state index < -0.39 is 5.60 Å². The maximum absolute atomic E-state index is 12.3. The molecule has 1 aliphatic carbocycles. The zero-order valence-electron chi connectivity index (χ0n) is 13.0. The molecule has 1 saturated carbocycles. The zero-order valence-corrected chi connectivity index (χ0v) is 13.0. The first kappa shape index (κ1) is 15.1. The van der Waals surface area contributed by atoms with Crippen molar-refractivity contribution in [3.63, 3.8) is 0 Å². The van der Waals surface area contributed by atoms with Crippen molar-refractivity contribution in [3.8, 4) is 0 Å². The lowest BCUT2D eigenvalue weighted by Gasteiger charge is -2.42. The molecule has 0 radical (unpaired) electrons. The molecular formula is C15H26N2O3. The molecule has 0 bridgehead atoms. The van der Waals surface area contributed by atoms with Gasteiger partial charge in [0.15, 0.2) is 0 Å². The molecule has 0 aromatic carbocycles. The highest BCUT2D eigenvalue weighted by Crippen LogP contribution is 2.29. The highest BCUT2D eigenvalue weighted by atomic mass is 16.6. The second-order valence-corrected chi connectivity index (χ2v) is 6.93. The summed E-state index contributed by atoms with van der Waals surface area (Å²) in [6.45, 7) is 9.36. The van der Waals surface area contributed by atoms with E-state index in [9.17, 15) is 9.59 Å². The molecule has 2 fully saturated rings. The monoisotopic (exact) mass is 282 g/mol. The second-order valence-electron chi connectivity index (χ2n) is 6.93. The van der Waals surface area contributed by atoms with E-state index in [2.05, 4.69) is 0 Å². The number of nitrogens with zero attached hydrogens (tertiary/aromatic N) is 2. The van der Waals surface area contributed by atoms with Gasteiger partial charge in [-0.15, -0.1) is 0 Å². The van der Waals surface area contributed by atoms with Gasteiger partial charge in [0.2, 0.25) is 5.91 Å². The minimum absolute atomic E-state index is 0.0735. The van der Waals surface area contributed by atoms with Gasteiger partial charge in [-0.25, -0.2) is 4.79 Å². The fourth-order valence-electron chi connectivity index (χ4n) is 2.67. The molecule has 114 valence electrons. The summed E-state index contributed by atoms with van der Waals surface area (Å²) in [5.74, 6) is 0.498. The highest BCUT2D eigenvalue weighted by Gasteiger charge is 2.36. The van der Waals surface area contributed by atoms with Crippen LogP contribution in [0, 0.1) is 5.92 Å². The SMILES string of the molecule is CC1CN(C(=O)OC(C)(C)C)CCN1C(=O)C1CCC1. The van der Waals surface area contributed by atoms with E-state index in [0.717, 1.165) is 12.8 Å². The molecule has 0 aromatic heterocycles. The quantitative estimate of drug-likeness (QED) is 0.741. The third-order valence-electron chi connectivity index (χ3n) is 4.02. The predicted octanol–water partition coefficient (Wildman–Crippen LogP) is 2.25. The lowest BCUT2D eigenvalue weighted by atomic mass is 9.84. The molecule has 2 rings (SSSR count). The number of hydrogen-bond donors (Lipinski definition) is 0. The standard InChI is InChI=1S/C15H26N2O3/c1-11-10-16(14(19)20-15(2,3)4)8-9-17(11)13(18)12-6-5-7-12/h11-12H,5-10H2,1-4H3. The number of ether oxygens (including phenoxy) is 1. The number of piperazine rings is 1. The molecule has 1 heterocycles. The van der Waals surface area contributed by atoms with Crippen molar-refractivity contribution in [3.05, 3.63) is 0 Å². The summed E-state index contributed by atoms with van der Waals surface area (Å²) in [7, 11) is 0. The van der Waals surface area contributed by atoms with Crippen molar-refractivity contribution in [2.75, 3.05) is 19.6 Å². The molecule has 0 N–H and O–H groups in total. The summed E-state index contributed by atoms with van der Waals surface area (Å²) < 4.78 is 5.38. The van der Waals surface area contributed by atoms with E-state index in [1.54, 1.807) is 4.90 Å². The van der Waals surface area contributed by atoms with Crippen molar-refractivity contribution < 1.29 is 14.3 Å². The average molecular weight is 282 g/mol. The smallest absolute Gasteiger partial charge is 0.410 e. The number of amides is 2. The van der Waals surface area contributed by atoms with Gasteiger partial charge in [-0.05, 0) is 40.5 Å². The van der Waals surface area contributed by atoms with Gasteiger partial charge < -0.3 is 14.5 Å². The Morgan fingerprint density at radius 1 is 1.15 bits per heavy atom. The fraction of sp³-hybridized carbons (Fsp3) is 0.867. The summed E-state index contributed by atoms with van der Waals surface area (Å²) >= 11 is 0. The van der Waals surface area contributed by atoms with Crippen molar-refractivity contribution in [1.82, 2.24) is 9.80 Å². The molecule has 1 aliphatic heterocycles. The van der Waals surface area contributed by atoms with Crippen molar-refractivity contribution >= 4 is 12.0 Å².